The lowest BCUT2D eigenvalue weighted by atomic mass is 10.1. The van der Waals surface area contributed by atoms with Gasteiger partial charge in [-0.2, -0.15) is 0 Å². The molecule has 6 heteroatoms. The molecule has 4 nitrogen and oxygen atoms in total. The number of benzene rings is 1. The Morgan fingerprint density at radius 3 is 2.86 bits per heavy atom. The minimum absolute atomic E-state index is 0.186. The number of pyridine rings is 1. The summed E-state index contributed by atoms with van der Waals surface area (Å²) >= 11 is 9.02. The quantitative estimate of drug-likeness (QED) is 0.494. The highest BCUT2D eigenvalue weighted by Gasteiger charge is 2.17. The molecule has 0 saturated carbocycles. The van der Waals surface area contributed by atoms with Gasteiger partial charge < -0.3 is 9.72 Å². The van der Waals surface area contributed by atoms with Gasteiger partial charge in [0, 0.05) is 6.20 Å². The predicted octanol–water partition coefficient (Wildman–Crippen LogP) is 4.27. The van der Waals surface area contributed by atoms with Crippen LogP contribution in [0.25, 0.3) is 22.6 Å². The first-order chi connectivity index (χ1) is 10.6. The second-order valence-electron chi connectivity index (χ2n) is 5.05. The summed E-state index contributed by atoms with van der Waals surface area (Å²) in [6, 6.07) is 7.81. The van der Waals surface area contributed by atoms with Gasteiger partial charge in [0.15, 0.2) is 5.65 Å². The fourth-order valence-corrected chi connectivity index (χ4v) is 2.52. The third-order valence-corrected chi connectivity index (χ3v) is 4.48. The van der Waals surface area contributed by atoms with E-state index in [0.29, 0.717) is 11.4 Å². The second-order valence-corrected chi connectivity index (χ2v) is 6.07. The molecule has 0 spiro atoms. The maximum Gasteiger partial charge on any atom is 0.178 e. The highest BCUT2D eigenvalue weighted by atomic mass is 32.1. The fraction of sp³-hybridized carbons (Fsp3) is 0.250. The fourth-order valence-electron chi connectivity index (χ4n) is 2.17. The number of thiol groups is 2. The monoisotopic (exact) mass is 331 g/mol. The number of ether oxygens (including phenoxy) is 1. The molecule has 0 fully saturated rings. The minimum Gasteiger partial charge on any atom is -0.478 e. The van der Waals surface area contributed by atoms with Crippen molar-refractivity contribution in [2.75, 3.05) is 0 Å². The average molecular weight is 331 g/mol. The average Bonchev–Trinajstić information content (AvgIpc) is 2.95. The largest absolute Gasteiger partial charge is 0.478 e. The minimum atomic E-state index is -0.186. The van der Waals surface area contributed by atoms with E-state index in [9.17, 15) is 0 Å². The smallest absolute Gasteiger partial charge is 0.178 e. The molecule has 0 radical (unpaired) electrons. The van der Waals surface area contributed by atoms with E-state index in [4.69, 9.17) is 4.74 Å². The zero-order chi connectivity index (χ0) is 15.7. The van der Waals surface area contributed by atoms with Crippen LogP contribution in [0.2, 0.25) is 0 Å². The molecule has 1 unspecified atom stereocenters. The third-order valence-electron chi connectivity index (χ3n) is 3.45. The highest BCUT2D eigenvalue weighted by Crippen LogP contribution is 2.37. The molecule has 0 saturated heterocycles. The lowest BCUT2D eigenvalue weighted by Gasteiger charge is -2.17. The van der Waals surface area contributed by atoms with Crippen LogP contribution in [0, 0.1) is 6.92 Å². The van der Waals surface area contributed by atoms with E-state index in [1.165, 1.54) is 0 Å². The molecule has 0 amide bonds. The number of nitrogens with one attached hydrogen (secondary N) is 1. The first-order valence-electron chi connectivity index (χ1n) is 7.08. The molecule has 3 aromatic rings. The summed E-state index contributed by atoms with van der Waals surface area (Å²) < 4.78 is 5.96. The van der Waals surface area contributed by atoms with Crippen LogP contribution in [0.5, 0.6) is 5.75 Å². The molecule has 1 N–H and O–H groups in total. The summed E-state index contributed by atoms with van der Waals surface area (Å²) in [5.41, 5.74) is 3.30. The molecule has 1 atom stereocenters. The Labute approximate surface area is 140 Å². The number of fused-ring (bicyclic) bond motifs is 1. The van der Waals surface area contributed by atoms with Gasteiger partial charge in [0.2, 0.25) is 0 Å². The summed E-state index contributed by atoms with van der Waals surface area (Å²) in [6.45, 7) is 4.02. The van der Waals surface area contributed by atoms with E-state index in [0.717, 1.165) is 33.8 Å². The first kappa shape index (κ1) is 15.2. The van der Waals surface area contributed by atoms with E-state index in [2.05, 4.69) is 40.2 Å². The summed E-state index contributed by atoms with van der Waals surface area (Å²) in [4.78, 5) is 12.9. The molecule has 114 valence electrons. The normalized spacial score (nSPS) is 12.5. The number of nitrogens with zero attached hydrogens (tertiary/aromatic N) is 2. The molecule has 0 aliphatic heterocycles. The molecular formula is C16H17N3OS2. The number of aryl methyl sites for hydroxylation is 1. The highest BCUT2D eigenvalue weighted by molar-refractivity contribution is 7.81. The van der Waals surface area contributed by atoms with Gasteiger partial charge in [-0.3, -0.25) is 0 Å². The molecule has 2 heterocycles. The Bertz CT molecular complexity index is 783. The van der Waals surface area contributed by atoms with E-state index in [1.54, 1.807) is 6.20 Å². The summed E-state index contributed by atoms with van der Waals surface area (Å²) in [6.07, 6.45) is 2.52. The summed E-state index contributed by atoms with van der Waals surface area (Å²) in [7, 11) is 0. The third kappa shape index (κ3) is 2.80. The van der Waals surface area contributed by atoms with Crippen molar-refractivity contribution in [1.82, 2.24) is 15.0 Å². The van der Waals surface area contributed by atoms with Crippen LogP contribution in [0.4, 0.5) is 0 Å². The van der Waals surface area contributed by atoms with E-state index in [1.807, 2.05) is 38.1 Å². The van der Waals surface area contributed by atoms with Crippen molar-refractivity contribution in [3.05, 3.63) is 36.0 Å². The van der Waals surface area contributed by atoms with E-state index < -0.39 is 0 Å². The van der Waals surface area contributed by atoms with Gasteiger partial charge in [-0.15, -0.1) is 25.3 Å². The van der Waals surface area contributed by atoms with Crippen LogP contribution in [0.1, 0.15) is 18.9 Å². The van der Waals surface area contributed by atoms with Crippen LogP contribution in [-0.2, 0) is 0 Å². The van der Waals surface area contributed by atoms with Gasteiger partial charge in [-0.05, 0) is 37.1 Å². The maximum atomic E-state index is 5.96. The van der Waals surface area contributed by atoms with Gasteiger partial charge >= 0.3 is 0 Å². The number of hydrogen-bond donors (Lipinski definition) is 3. The van der Waals surface area contributed by atoms with Crippen molar-refractivity contribution in [1.29, 1.82) is 0 Å². The Kier molecular flexibility index (Phi) is 4.31. The van der Waals surface area contributed by atoms with Crippen LogP contribution in [0.3, 0.4) is 0 Å². The maximum absolute atomic E-state index is 5.96. The van der Waals surface area contributed by atoms with Crippen LogP contribution in [0.15, 0.2) is 35.4 Å². The van der Waals surface area contributed by atoms with Crippen LogP contribution >= 0.6 is 25.3 Å². The van der Waals surface area contributed by atoms with Gasteiger partial charge in [0.1, 0.15) is 17.0 Å². The standard InChI is InChI=1S/C16H17N3OS2/c1-3-12(21)20-13-10(7-6-9(2)14(13)22)15-18-11-5-4-8-17-16(11)19-15/h4-8,12,21-22H,3H2,1-2H3,(H,17,18,19). The Hall–Kier alpha value is -1.66. The van der Waals surface area contributed by atoms with Gasteiger partial charge in [0.25, 0.3) is 0 Å². The first-order valence-corrected chi connectivity index (χ1v) is 8.05. The number of imidazole rings is 1. The van der Waals surface area contributed by atoms with Crippen molar-refractivity contribution in [3.63, 3.8) is 0 Å². The molecule has 2 aromatic heterocycles. The Morgan fingerprint density at radius 1 is 1.32 bits per heavy atom. The van der Waals surface area contributed by atoms with E-state index in [-0.39, 0.29) is 5.44 Å². The van der Waals surface area contributed by atoms with Crippen LogP contribution < -0.4 is 4.74 Å². The SMILES string of the molecule is CCC(S)Oc1c(-c2nc3ncccc3[nH]2)ccc(C)c1S. The number of aromatic amines is 1. The molecule has 22 heavy (non-hydrogen) atoms. The van der Waals surface area contributed by atoms with Gasteiger partial charge in [-0.25, -0.2) is 9.97 Å². The number of hydrogen-bond acceptors (Lipinski definition) is 5. The van der Waals surface area contributed by atoms with Gasteiger partial charge in [-0.1, -0.05) is 13.0 Å². The number of aromatic nitrogens is 3. The number of H-pyrrole nitrogens is 1. The molecule has 1 aromatic carbocycles. The zero-order valence-corrected chi connectivity index (χ0v) is 14.2. The summed E-state index contributed by atoms with van der Waals surface area (Å²) in [5, 5.41) is 0. The topological polar surface area (TPSA) is 50.8 Å². The van der Waals surface area contributed by atoms with E-state index >= 15 is 0 Å². The number of rotatable bonds is 4. The van der Waals surface area contributed by atoms with Crippen molar-refractivity contribution >= 4 is 36.4 Å². The van der Waals surface area contributed by atoms with Crippen molar-refractivity contribution in [2.24, 2.45) is 0 Å². The molecule has 0 aliphatic carbocycles. The van der Waals surface area contributed by atoms with Crippen molar-refractivity contribution in [3.8, 4) is 17.1 Å². The Balaban J connectivity index is 2.14. The molecule has 0 bridgehead atoms. The predicted molar refractivity (Wildman–Crippen MR) is 95.0 cm³/mol. The second kappa shape index (κ2) is 6.22. The summed E-state index contributed by atoms with van der Waals surface area (Å²) in [5.74, 6) is 1.42. The van der Waals surface area contributed by atoms with Crippen molar-refractivity contribution in [2.45, 2.75) is 30.6 Å². The lowest BCUT2D eigenvalue weighted by Crippen LogP contribution is -2.09. The lowest BCUT2D eigenvalue weighted by molar-refractivity contribution is 0.280. The molecule has 0 aliphatic rings. The van der Waals surface area contributed by atoms with Gasteiger partial charge in [0.05, 0.1) is 16.0 Å². The van der Waals surface area contributed by atoms with Crippen molar-refractivity contribution < 1.29 is 4.74 Å². The molecular weight excluding hydrogens is 314 g/mol. The Morgan fingerprint density at radius 2 is 2.14 bits per heavy atom. The van der Waals surface area contributed by atoms with Crippen LogP contribution in [-0.4, -0.2) is 20.4 Å². The zero-order valence-electron chi connectivity index (χ0n) is 12.4. The molecule has 3 rings (SSSR count).